The fourth-order valence-electron chi connectivity index (χ4n) is 2.30. The highest BCUT2D eigenvalue weighted by Crippen LogP contribution is 2.29. The van der Waals surface area contributed by atoms with Crippen molar-refractivity contribution >= 4 is 11.8 Å². The summed E-state index contributed by atoms with van der Waals surface area (Å²) < 4.78 is 0. The van der Waals surface area contributed by atoms with Gasteiger partial charge in [0.25, 0.3) is 0 Å². The van der Waals surface area contributed by atoms with Crippen molar-refractivity contribution in [1.82, 2.24) is 5.32 Å². The Morgan fingerprint density at radius 3 is 2.26 bits per heavy atom. The van der Waals surface area contributed by atoms with Crippen LogP contribution in [-0.4, -0.2) is 17.8 Å². The van der Waals surface area contributed by atoms with Crippen molar-refractivity contribution in [2.75, 3.05) is 6.54 Å². The van der Waals surface area contributed by atoms with Crippen LogP contribution in [0, 0.1) is 6.92 Å². The predicted molar refractivity (Wildman–Crippen MR) is 88.1 cm³/mol. The van der Waals surface area contributed by atoms with Crippen molar-refractivity contribution < 1.29 is 0 Å². The Hall–Kier alpha value is -0.470. The normalized spacial score (nSPS) is 14.3. The van der Waals surface area contributed by atoms with Gasteiger partial charge in [-0.2, -0.15) is 0 Å². The minimum atomic E-state index is 0.640. The lowest BCUT2D eigenvalue weighted by atomic mass is 10.1. The Balaban J connectivity index is 2.64. The average molecular weight is 279 g/mol. The molecule has 2 heteroatoms. The zero-order chi connectivity index (χ0) is 14.1. The molecule has 1 aromatic rings. The van der Waals surface area contributed by atoms with E-state index in [9.17, 15) is 0 Å². The van der Waals surface area contributed by atoms with Gasteiger partial charge in [0.1, 0.15) is 0 Å². The second-order valence-electron chi connectivity index (χ2n) is 5.23. The van der Waals surface area contributed by atoms with Gasteiger partial charge in [0.05, 0.1) is 0 Å². The molecule has 0 saturated carbocycles. The Kier molecular flexibility index (Phi) is 8.24. The molecule has 0 spiro atoms. The molecular formula is C17H29NS. The van der Waals surface area contributed by atoms with Crippen LogP contribution in [0.4, 0.5) is 0 Å². The standard InChI is InChI=1S/C17H29NS/c1-5-8-16(18-13-6-2)17(7-3)19-15-11-9-14(4)10-12-15/h9-12,16-18H,5-8,13H2,1-4H3. The fraction of sp³-hybridized carbons (Fsp3) is 0.647. The lowest BCUT2D eigenvalue weighted by Gasteiger charge is -2.27. The fourth-order valence-corrected chi connectivity index (χ4v) is 3.51. The highest BCUT2D eigenvalue weighted by atomic mass is 32.2. The van der Waals surface area contributed by atoms with Gasteiger partial charge in [-0.25, -0.2) is 0 Å². The highest BCUT2D eigenvalue weighted by molar-refractivity contribution is 8.00. The van der Waals surface area contributed by atoms with Gasteiger partial charge < -0.3 is 5.32 Å². The molecule has 1 rings (SSSR count). The van der Waals surface area contributed by atoms with Crippen molar-refractivity contribution in [3.8, 4) is 0 Å². The van der Waals surface area contributed by atoms with E-state index in [1.807, 2.05) is 11.8 Å². The van der Waals surface area contributed by atoms with E-state index < -0.39 is 0 Å². The van der Waals surface area contributed by atoms with E-state index in [2.05, 4.69) is 57.3 Å². The quantitative estimate of drug-likeness (QED) is 0.636. The summed E-state index contributed by atoms with van der Waals surface area (Å²) in [6.07, 6.45) is 4.97. The van der Waals surface area contributed by atoms with Crippen LogP contribution < -0.4 is 5.32 Å². The second-order valence-corrected chi connectivity index (χ2v) is 6.54. The maximum absolute atomic E-state index is 3.73. The van der Waals surface area contributed by atoms with Crippen molar-refractivity contribution in [1.29, 1.82) is 0 Å². The molecule has 0 saturated heterocycles. The summed E-state index contributed by atoms with van der Waals surface area (Å²) in [6.45, 7) is 10.1. The number of aryl methyl sites for hydroxylation is 1. The topological polar surface area (TPSA) is 12.0 Å². The zero-order valence-corrected chi connectivity index (χ0v) is 13.7. The van der Waals surface area contributed by atoms with Crippen LogP contribution in [0.1, 0.15) is 52.0 Å². The first kappa shape index (κ1) is 16.6. The predicted octanol–water partition coefficient (Wildman–Crippen LogP) is 5.03. The maximum Gasteiger partial charge on any atom is 0.0245 e. The molecule has 0 heterocycles. The Morgan fingerprint density at radius 1 is 1.05 bits per heavy atom. The first-order valence-electron chi connectivity index (χ1n) is 7.67. The maximum atomic E-state index is 3.73. The van der Waals surface area contributed by atoms with Crippen LogP contribution >= 0.6 is 11.8 Å². The van der Waals surface area contributed by atoms with Gasteiger partial charge in [-0.3, -0.25) is 0 Å². The van der Waals surface area contributed by atoms with Crippen LogP contribution in [0.2, 0.25) is 0 Å². The van der Waals surface area contributed by atoms with Crippen molar-refractivity contribution in [2.45, 2.75) is 69.6 Å². The van der Waals surface area contributed by atoms with Crippen LogP contribution in [-0.2, 0) is 0 Å². The summed E-state index contributed by atoms with van der Waals surface area (Å²) in [7, 11) is 0. The van der Waals surface area contributed by atoms with Gasteiger partial charge in [0.15, 0.2) is 0 Å². The van der Waals surface area contributed by atoms with E-state index in [0.29, 0.717) is 11.3 Å². The van der Waals surface area contributed by atoms with E-state index in [0.717, 1.165) is 6.54 Å². The minimum absolute atomic E-state index is 0.640. The molecule has 19 heavy (non-hydrogen) atoms. The lowest BCUT2D eigenvalue weighted by Crippen LogP contribution is -2.38. The second kappa shape index (κ2) is 9.44. The smallest absolute Gasteiger partial charge is 0.0245 e. The SMILES string of the molecule is CCCNC(CCC)C(CC)Sc1ccc(C)cc1. The van der Waals surface area contributed by atoms with E-state index in [1.54, 1.807) is 0 Å². The molecule has 0 aliphatic heterocycles. The van der Waals surface area contributed by atoms with Gasteiger partial charge >= 0.3 is 0 Å². The molecule has 1 N–H and O–H groups in total. The van der Waals surface area contributed by atoms with E-state index in [-0.39, 0.29) is 0 Å². The van der Waals surface area contributed by atoms with Crippen LogP contribution in [0.3, 0.4) is 0 Å². The van der Waals surface area contributed by atoms with Gasteiger partial charge in [0.2, 0.25) is 0 Å². The van der Waals surface area contributed by atoms with Gasteiger partial charge in [0, 0.05) is 16.2 Å². The van der Waals surface area contributed by atoms with Crippen molar-refractivity contribution in [3.63, 3.8) is 0 Å². The molecule has 1 aromatic carbocycles. The summed E-state index contributed by atoms with van der Waals surface area (Å²) in [5.74, 6) is 0. The monoisotopic (exact) mass is 279 g/mol. The first-order valence-corrected chi connectivity index (χ1v) is 8.55. The molecule has 2 unspecified atom stereocenters. The molecule has 0 aromatic heterocycles. The molecule has 0 amide bonds. The summed E-state index contributed by atoms with van der Waals surface area (Å²) >= 11 is 2.03. The van der Waals surface area contributed by atoms with Crippen molar-refractivity contribution in [2.24, 2.45) is 0 Å². The van der Waals surface area contributed by atoms with Gasteiger partial charge in [-0.05, 0) is 44.9 Å². The molecule has 108 valence electrons. The Morgan fingerprint density at radius 2 is 1.74 bits per heavy atom. The van der Waals surface area contributed by atoms with Gasteiger partial charge in [-0.1, -0.05) is 44.9 Å². The Bertz CT molecular complexity index is 334. The summed E-state index contributed by atoms with van der Waals surface area (Å²) in [4.78, 5) is 1.40. The molecule has 2 atom stereocenters. The molecule has 0 radical (unpaired) electrons. The third kappa shape index (κ3) is 6.01. The molecular weight excluding hydrogens is 250 g/mol. The van der Waals surface area contributed by atoms with E-state index in [4.69, 9.17) is 0 Å². The van der Waals surface area contributed by atoms with Gasteiger partial charge in [-0.15, -0.1) is 11.8 Å². The largest absolute Gasteiger partial charge is 0.313 e. The van der Waals surface area contributed by atoms with E-state index in [1.165, 1.54) is 36.1 Å². The summed E-state index contributed by atoms with van der Waals surface area (Å²) in [5, 5.41) is 4.41. The summed E-state index contributed by atoms with van der Waals surface area (Å²) in [6, 6.07) is 9.57. The van der Waals surface area contributed by atoms with Crippen LogP contribution in [0.15, 0.2) is 29.2 Å². The highest BCUT2D eigenvalue weighted by Gasteiger charge is 2.19. The average Bonchev–Trinajstić information content (AvgIpc) is 2.43. The number of benzene rings is 1. The number of hydrogen-bond donors (Lipinski definition) is 1. The zero-order valence-electron chi connectivity index (χ0n) is 12.9. The Labute approximate surface area is 123 Å². The van der Waals surface area contributed by atoms with Crippen molar-refractivity contribution in [3.05, 3.63) is 29.8 Å². The lowest BCUT2D eigenvalue weighted by molar-refractivity contribution is 0.454. The van der Waals surface area contributed by atoms with E-state index >= 15 is 0 Å². The number of rotatable bonds is 9. The molecule has 0 bridgehead atoms. The third-order valence-electron chi connectivity index (χ3n) is 3.42. The molecule has 0 fully saturated rings. The third-order valence-corrected chi connectivity index (χ3v) is 4.92. The molecule has 1 nitrogen and oxygen atoms in total. The minimum Gasteiger partial charge on any atom is -0.313 e. The molecule has 0 aliphatic carbocycles. The number of thioether (sulfide) groups is 1. The van der Waals surface area contributed by atoms with Crippen LogP contribution in [0.5, 0.6) is 0 Å². The van der Waals surface area contributed by atoms with Crippen LogP contribution in [0.25, 0.3) is 0 Å². The first-order chi connectivity index (χ1) is 9.21. The summed E-state index contributed by atoms with van der Waals surface area (Å²) in [5.41, 5.74) is 1.34. The number of nitrogens with one attached hydrogen (secondary N) is 1. The number of hydrogen-bond acceptors (Lipinski definition) is 2. The molecule has 0 aliphatic rings.